The predicted molar refractivity (Wildman–Crippen MR) is 268 cm³/mol. The maximum Gasteiger partial charge on any atom is 0.472 e. The molecule has 0 spiro atoms. The van der Waals surface area contributed by atoms with E-state index in [1.807, 2.05) is 21.1 Å². The molecule has 62 heavy (non-hydrogen) atoms. The molecular weight excluding hydrogens is 792 g/mol. The number of carbonyl (C=O) groups is 1. The molecule has 368 valence electrons. The number of allylic oxidation sites excluding steroid dienone is 4. The fourth-order valence-electron chi connectivity index (χ4n) is 7.97. The predicted octanol–water partition coefficient (Wildman–Crippen LogP) is 15.6. The fourth-order valence-corrected chi connectivity index (χ4v) is 8.70. The lowest BCUT2D eigenvalue weighted by molar-refractivity contribution is -0.870. The van der Waals surface area contributed by atoms with Crippen molar-refractivity contribution in [2.45, 2.75) is 270 Å². The summed E-state index contributed by atoms with van der Waals surface area (Å²) in [7, 11) is 1.61. The number of hydrogen-bond donors (Lipinski definition) is 3. The molecule has 0 aliphatic carbocycles. The molecule has 0 radical (unpaired) electrons. The molecule has 0 aliphatic heterocycles. The number of aliphatic hydroxyl groups excluding tert-OH is 1. The van der Waals surface area contributed by atoms with Gasteiger partial charge < -0.3 is 19.8 Å². The summed E-state index contributed by atoms with van der Waals surface area (Å²) in [5.41, 5.74) is 0. The first kappa shape index (κ1) is 61.0. The Morgan fingerprint density at radius 1 is 0.548 bits per heavy atom. The van der Waals surface area contributed by atoms with Crippen molar-refractivity contribution < 1.29 is 32.9 Å². The van der Waals surface area contributed by atoms with Crippen molar-refractivity contribution in [1.82, 2.24) is 5.32 Å². The molecular formula is C53H106N2O6P+. The van der Waals surface area contributed by atoms with Crippen molar-refractivity contribution in [3.8, 4) is 0 Å². The van der Waals surface area contributed by atoms with E-state index < -0.39 is 20.0 Å². The van der Waals surface area contributed by atoms with Gasteiger partial charge in [-0.15, -0.1) is 0 Å². The highest BCUT2D eigenvalue weighted by atomic mass is 31.2. The van der Waals surface area contributed by atoms with Gasteiger partial charge in [-0.25, -0.2) is 4.57 Å². The number of nitrogens with zero attached hydrogens (tertiary/aromatic N) is 1. The van der Waals surface area contributed by atoms with Crippen LogP contribution in [0.3, 0.4) is 0 Å². The summed E-state index contributed by atoms with van der Waals surface area (Å²) in [6, 6.07) is -0.766. The van der Waals surface area contributed by atoms with E-state index in [-0.39, 0.29) is 19.1 Å². The van der Waals surface area contributed by atoms with Crippen LogP contribution in [0.1, 0.15) is 258 Å². The Morgan fingerprint density at radius 3 is 1.39 bits per heavy atom. The molecule has 1 amide bonds. The van der Waals surface area contributed by atoms with Crippen LogP contribution in [0.15, 0.2) is 24.3 Å². The first-order valence-electron chi connectivity index (χ1n) is 26.7. The van der Waals surface area contributed by atoms with E-state index in [2.05, 4.69) is 43.5 Å². The molecule has 0 rings (SSSR count). The third kappa shape index (κ3) is 47.0. The zero-order chi connectivity index (χ0) is 45.7. The number of aliphatic hydroxyl groups is 1. The van der Waals surface area contributed by atoms with Crippen LogP contribution in [0.2, 0.25) is 0 Å². The van der Waals surface area contributed by atoms with Gasteiger partial charge in [0.25, 0.3) is 0 Å². The van der Waals surface area contributed by atoms with Crippen molar-refractivity contribution in [1.29, 1.82) is 0 Å². The molecule has 0 saturated carbocycles. The first-order valence-corrected chi connectivity index (χ1v) is 28.2. The fraction of sp³-hybridized carbons (Fsp3) is 0.906. The van der Waals surface area contributed by atoms with E-state index in [9.17, 15) is 19.4 Å². The van der Waals surface area contributed by atoms with E-state index >= 15 is 0 Å². The van der Waals surface area contributed by atoms with Gasteiger partial charge in [-0.1, -0.05) is 237 Å². The summed E-state index contributed by atoms with van der Waals surface area (Å²) < 4.78 is 23.7. The van der Waals surface area contributed by atoms with E-state index in [1.54, 1.807) is 0 Å². The van der Waals surface area contributed by atoms with Crippen LogP contribution in [0.25, 0.3) is 0 Å². The third-order valence-electron chi connectivity index (χ3n) is 12.2. The summed E-state index contributed by atoms with van der Waals surface area (Å²) in [6.45, 7) is 4.83. The van der Waals surface area contributed by atoms with Gasteiger partial charge in [-0.2, -0.15) is 0 Å². The molecule has 3 unspecified atom stereocenters. The maximum atomic E-state index is 12.9. The van der Waals surface area contributed by atoms with E-state index in [1.165, 1.54) is 161 Å². The van der Waals surface area contributed by atoms with Crippen molar-refractivity contribution in [3.63, 3.8) is 0 Å². The maximum absolute atomic E-state index is 12.9. The molecule has 0 aromatic carbocycles. The van der Waals surface area contributed by atoms with Crippen LogP contribution in [0.5, 0.6) is 0 Å². The Bertz CT molecular complexity index is 1060. The summed E-state index contributed by atoms with van der Waals surface area (Å²) >= 11 is 0. The number of unbranched alkanes of at least 4 members (excludes halogenated alkanes) is 32. The molecule has 0 aliphatic rings. The summed E-state index contributed by atoms with van der Waals surface area (Å²) in [5.74, 6) is -0.157. The lowest BCUT2D eigenvalue weighted by Gasteiger charge is -2.26. The van der Waals surface area contributed by atoms with E-state index in [4.69, 9.17) is 9.05 Å². The van der Waals surface area contributed by atoms with Gasteiger partial charge in [0.05, 0.1) is 39.9 Å². The van der Waals surface area contributed by atoms with Gasteiger partial charge in [0.15, 0.2) is 0 Å². The molecule has 0 heterocycles. The monoisotopic (exact) mass is 898 g/mol. The zero-order valence-electron chi connectivity index (χ0n) is 41.9. The van der Waals surface area contributed by atoms with E-state index in [0.717, 1.165) is 70.6 Å². The standard InChI is InChI=1S/C53H105N2O6P/c1-6-8-10-12-14-16-18-20-21-22-23-24-25-26-27-28-29-30-31-32-33-35-36-38-40-42-44-46-52(56)51(50-61-62(58,59)60-49-48-55(3,4)5)54-53(57)47-45-43-41-39-37-34-19-17-15-13-11-9-7-2/h11,13,17,19,51-52,56H,6-10,12,14-16,18,20-50H2,1-5H3,(H-,54,57,58,59)/p+1/b13-11-,19-17-. The lowest BCUT2D eigenvalue weighted by Crippen LogP contribution is -2.46. The van der Waals surface area contributed by atoms with Crippen LogP contribution in [-0.2, 0) is 18.4 Å². The van der Waals surface area contributed by atoms with Gasteiger partial charge in [-0.05, 0) is 38.5 Å². The second-order valence-corrected chi connectivity index (χ2v) is 21.1. The molecule has 0 aromatic heterocycles. The highest BCUT2D eigenvalue weighted by molar-refractivity contribution is 7.47. The molecule has 0 saturated heterocycles. The van der Waals surface area contributed by atoms with Crippen LogP contribution in [-0.4, -0.2) is 73.4 Å². The van der Waals surface area contributed by atoms with Crippen molar-refractivity contribution in [2.24, 2.45) is 0 Å². The van der Waals surface area contributed by atoms with Crippen LogP contribution >= 0.6 is 7.82 Å². The number of nitrogens with one attached hydrogen (secondary N) is 1. The van der Waals surface area contributed by atoms with Gasteiger partial charge >= 0.3 is 7.82 Å². The highest BCUT2D eigenvalue weighted by Crippen LogP contribution is 2.43. The SMILES string of the molecule is CCC/C=C\C/C=C\CCCCCCCC(=O)NC(COP(=O)(O)OCC[N+](C)(C)C)C(O)CCCCCCCCCCCCCCCCCCCCCCCCCCCCC. The number of hydrogen-bond acceptors (Lipinski definition) is 5. The minimum atomic E-state index is -4.32. The summed E-state index contributed by atoms with van der Waals surface area (Å²) in [4.78, 5) is 23.2. The van der Waals surface area contributed by atoms with Gasteiger partial charge in [0, 0.05) is 6.42 Å². The largest absolute Gasteiger partial charge is 0.472 e. The molecule has 9 heteroatoms. The first-order chi connectivity index (χ1) is 30.0. The molecule has 3 N–H and O–H groups in total. The number of carbonyl (C=O) groups excluding carboxylic acids is 1. The summed E-state index contributed by atoms with van der Waals surface area (Å²) in [6.07, 6.45) is 55.2. The Kier molecular flexibility index (Phi) is 44.4. The minimum absolute atomic E-state index is 0.0726. The Balaban J connectivity index is 4.10. The minimum Gasteiger partial charge on any atom is -0.391 e. The third-order valence-corrected chi connectivity index (χ3v) is 13.2. The van der Waals surface area contributed by atoms with Crippen molar-refractivity contribution in [2.75, 3.05) is 40.9 Å². The van der Waals surface area contributed by atoms with Gasteiger partial charge in [-0.3, -0.25) is 13.8 Å². The number of rotatable bonds is 49. The topological polar surface area (TPSA) is 105 Å². The van der Waals surface area contributed by atoms with Crippen LogP contribution < -0.4 is 5.32 Å². The van der Waals surface area contributed by atoms with E-state index in [0.29, 0.717) is 23.9 Å². The van der Waals surface area contributed by atoms with Gasteiger partial charge in [0.2, 0.25) is 5.91 Å². The second kappa shape index (κ2) is 45.1. The number of amides is 1. The smallest absolute Gasteiger partial charge is 0.391 e. The average molecular weight is 898 g/mol. The van der Waals surface area contributed by atoms with Crippen LogP contribution in [0, 0.1) is 0 Å². The molecule has 0 fully saturated rings. The Hall–Kier alpha value is -1.02. The number of quaternary nitrogens is 1. The zero-order valence-corrected chi connectivity index (χ0v) is 42.8. The molecule has 8 nitrogen and oxygen atoms in total. The van der Waals surface area contributed by atoms with Crippen LogP contribution in [0.4, 0.5) is 0 Å². The summed E-state index contributed by atoms with van der Waals surface area (Å²) in [5, 5.41) is 14.0. The molecule has 0 aromatic rings. The molecule has 0 bridgehead atoms. The van der Waals surface area contributed by atoms with Gasteiger partial charge in [0.1, 0.15) is 13.2 Å². The van der Waals surface area contributed by atoms with Crippen molar-refractivity contribution >= 4 is 13.7 Å². The number of likely N-dealkylation sites (N-methyl/N-ethyl adjacent to an activating group) is 1. The number of phosphoric ester groups is 1. The Labute approximate surface area is 385 Å². The quantitative estimate of drug-likeness (QED) is 0.0243. The van der Waals surface area contributed by atoms with Crippen molar-refractivity contribution in [3.05, 3.63) is 24.3 Å². The number of phosphoric acid groups is 1. The Morgan fingerprint density at radius 2 is 0.952 bits per heavy atom. The highest BCUT2D eigenvalue weighted by Gasteiger charge is 2.28. The lowest BCUT2D eigenvalue weighted by atomic mass is 10.0. The molecule has 3 atom stereocenters. The second-order valence-electron chi connectivity index (χ2n) is 19.6. The average Bonchev–Trinajstić information content (AvgIpc) is 3.23. The normalized spacial score (nSPS) is 14.2.